The first-order chi connectivity index (χ1) is 12.4. The van der Waals surface area contributed by atoms with E-state index in [2.05, 4.69) is 4.98 Å². The molecule has 27 heavy (non-hydrogen) atoms. The van der Waals surface area contributed by atoms with E-state index in [4.69, 9.17) is 0 Å². The summed E-state index contributed by atoms with van der Waals surface area (Å²) in [7, 11) is 3.11. The first-order valence-corrected chi connectivity index (χ1v) is 7.94. The molecule has 0 bridgehead atoms. The van der Waals surface area contributed by atoms with Gasteiger partial charge in [0.05, 0.1) is 12.9 Å². The van der Waals surface area contributed by atoms with Crippen molar-refractivity contribution in [2.24, 2.45) is 14.1 Å². The van der Waals surface area contributed by atoms with Gasteiger partial charge in [0.25, 0.3) is 5.56 Å². The van der Waals surface area contributed by atoms with Crippen LogP contribution in [0.1, 0.15) is 18.1 Å². The van der Waals surface area contributed by atoms with E-state index in [9.17, 15) is 27.9 Å². The molecule has 0 aliphatic rings. The molecule has 10 heteroatoms. The molecule has 1 aromatic carbocycles. The first kappa shape index (κ1) is 18.9. The number of imidazole rings is 1. The average molecular weight is 382 g/mol. The molecule has 0 fully saturated rings. The van der Waals surface area contributed by atoms with Crippen molar-refractivity contribution < 1.29 is 18.3 Å². The number of halogens is 3. The number of aliphatic hydroxyl groups is 1. The molecule has 2 heterocycles. The second-order valence-corrected chi connectivity index (χ2v) is 6.53. The zero-order chi connectivity index (χ0) is 20.1. The largest absolute Gasteiger partial charge is 0.421 e. The molecular weight excluding hydrogens is 365 g/mol. The summed E-state index contributed by atoms with van der Waals surface area (Å²) < 4.78 is 42.5. The molecule has 7 nitrogen and oxygen atoms in total. The second kappa shape index (κ2) is 6.08. The zero-order valence-corrected chi connectivity index (χ0v) is 14.8. The number of nitrogens with zero attached hydrogens (tertiary/aromatic N) is 4. The Hall–Kier alpha value is -2.88. The summed E-state index contributed by atoms with van der Waals surface area (Å²) in [4.78, 5) is 29.1. The predicted molar refractivity (Wildman–Crippen MR) is 91.4 cm³/mol. The molecule has 144 valence electrons. The Morgan fingerprint density at radius 1 is 1.11 bits per heavy atom. The smallest absolute Gasteiger partial charge is 0.376 e. The van der Waals surface area contributed by atoms with E-state index in [1.54, 1.807) is 7.05 Å². The topological polar surface area (TPSA) is 82.1 Å². The summed E-state index contributed by atoms with van der Waals surface area (Å²) in [5.74, 6) is 0. The second-order valence-electron chi connectivity index (χ2n) is 6.53. The van der Waals surface area contributed by atoms with Gasteiger partial charge in [-0.1, -0.05) is 24.3 Å². The van der Waals surface area contributed by atoms with Crippen LogP contribution >= 0.6 is 0 Å². The molecule has 1 unspecified atom stereocenters. The molecular formula is C17H17F3N4O3. The minimum Gasteiger partial charge on any atom is -0.376 e. The maximum absolute atomic E-state index is 12.9. The number of aryl methyl sites for hydroxylation is 2. The lowest BCUT2D eigenvalue weighted by Crippen LogP contribution is -2.40. The van der Waals surface area contributed by atoms with E-state index in [1.807, 2.05) is 0 Å². The van der Waals surface area contributed by atoms with Crippen LogP contribution in [0.3, 0.4) is 0 Å². The van der Waals surface area contributed by atoms with Gasteiger partial charge in [-0.3, -0.25) is 13.9 Å². The van der Waals surface area contributed by atoms with Crippen LogP contribution < -0.4 is 11.2 Å². The molecule has 0 saturated heterocycles. The maximum Gasteiger partial charge on any atom is 0.421 e. The van der Waals surface area contributed by atoms with Gasteiger partial charge in [0.15, 0.2) is 16.8 Å². The predicted octanol–water partition coefficient (Wildman–Crippen LogP) is 1.25. The molecule has 0 amide bonds. The van der Waals surface area contributed by atoms with Crippen molar-refractivity contribution in [1.82, 2.24) is 18.7 Å². The molecule has 1 atom stereocenters. The standard InChI is InChI=1S/C17H17F3N4O3/c1-16(27,17(18,19)20)11-6-4-10(5-7-11)8-24-14(25)12-13(21-9-22(12)2)23(3)15(24)26/h4-7,9,27H,8H2,1-3H3. The SMILES string of the molecule is Cn1cnc2c1c(=O)n(Cc1ccc(C(C)(O)C(F)(F)F)cc1)c(=O)n2C. The van der Waals surface area contributed by atoms with Crippen molar-refractivity contribution in [2.45, 2.75) is 25.2 Å². The summed E-state index contributed by atoms with van der Waals surface area (Å²) >= 11 is 0. The fraction of sp³-hybridized carbons (Fsp3) is 0.353. The third kappa shape index (κ3) is 2.95. The summed E-state index contributed by atoms with van der Waals surface area (Å²) in [5, 5.41) is 9.71. The van der Waals surface area contributed by atoms with Gasteiger partial charge in [0, 0.05) is 14.1 Å². The minimum atomic E-state index is -4.83. The number of rotatable bonds is 3. The molecule has 0 saturated carbocycles. The van der Waals surface area contributed by atoms with Crippen LogP contribution in [0.5, 0.6) is 0 Å². The van der Waals surface area contributed by atoms with Crippen LogP contribution in [0.2, 0.25) is 0 Å². The first-order valence-electron chi connectivity index (χ1n) is 7.94. The van der Waals surface area contributed by atoms with Gasteiger partial charge >= 0.3 is 11.9 Å². The number of hydrogen-bond donors (Lipinski definition) is 1. The molecule has 3 rings (SSSR count). The minimum absolute atomic E-state index is 0.124. The Kier molecular flexibility index (Phi) is 4.26. The van der Waals surface area contributed by atoms with Crippen LogP contribution in [-0.2, 0) is 26.2 Å². The maximum atomic E-state index is 12.9. The van der Waals surface area contributed by atoms with Crippen LogP contribution in [0.15, 0.2) is 40.2 Å². The Labute approximate surface area is 150 Å². The fourth-order valence-electron chi connectivity index (χ4n) is 2.82. The van der Waals surface area contributed by atoms with Gasteiger partial charge in [-0.2, -0.15) is 13.2 Å². The molecule has 0 spiro atoms. The van der Waals surface area contributed by atoms with E-state index >= 15 is 0 Å². The van der Waals surface area contributed by atoms with Crippen LogP contribution in [0.25, 0.3) is 11.2 Å². The average Bonchev–Trinajstić information content (AvgIpc) is 2.98. The van der Waals surface area contributed by atoms with Crippen LogP contribution in [0.4, 0.5) is 13.2 Å². The lowest BCUT2D eigenvalue weighted by molar-refractivity contribution is -0.258. The van der Waals surface area contributed by atoms with E-state index in [0.717, 1.165) is 16.7 Å². The summed E-state index contributed by atoms with van der Waals surface area (Å²) in [6.45, 7) is 0.541. The number of benzene rings is 1. The summed E-state index contributed by atoms with van der Waals surface area (Å²) in [6, 6.07) is 4.94. The lowest BCUT2D eigenvalue weighted by Gasteiger charge is -2.26. The highest BCUT2D eigenvalue weighted by Crippen LogP contribution is 2.38. The van der Waals surface area contributed by atoms with Gasteiger partial charge in [0.2, 0.25) is 0 Å². The van der Waals surface area contributed by atoms with Crippen molar-refractivity contribution in [1.29, 1.82) is 0 Å². The highest BCUT2D eigenvalue weighted by atomic mass is 19.4. The van der Waals surface area contributed by atoms with Crippen LogP contribution in [-0.4, -0.2) is 30.0 Å². The van der Waals surface area contributed by atoms with Crippen molar-refractivity contribution in [3.63, 3.8) is 0 Å². The zero-order valence-electron chi connectivity index (χ0n) is 14.8. The molecule has 0 radical (unpaired) electrons. The van der Waals surface area contributed by atoms with Gasteiger partial charge in [0.1, 0.15) is 0 Å². The van der Waals surface area contributed by atoms with Gasteiger partial charge in [-0.15, -0.1) is 0 Å². The lowest BCUT2D eigenvalue weighted by atomic mass is 9.94. The van der Waals surface area contributed by atoms with Crippen molar-refractivity contribution in [3.05, 3.63) is 62.6 Å². The molecule has 3 aromatic rings. The molecule has 1 N–H and O–H groups in total. The Morgan fingerprint density at radius 3 is 2.26 bits per heavy atom. The van der Waals surface area contributed by atoms with Crippen molar-refractivity contribution in [2.75, 3.05) is 0 Å². The Bertz CT molecular complexity index is 1120. The molecule has 2 aromatic heterocycles. The van der Waals surface area contributed by atoms with E-state index in [0.29, 0.717) is 12.5 Å². The number of alkyl halides is 3. The summed E-state index contributed by atoms with van der Waals surface area (Å²) in [5.41, 5.74) is -3.52. The highest BCUT2D eigenvalue weighted by Gasteiger charge is 2.51. The van der Waals surface area contributed by atoms with E-state index in [1.165, 1.54) is 34.6 Å². The molecule has 0 aliphatic heterocycles. The van der Waals surface area contributed by atoms with Gasteiger partial charge in [-0.25, -0.2) is 9.78 Å². The van der Waals surface area contributed by atoms with Gasteiger partial charge in [-0.05, 0) is 18.1 Å². The number of aromatic nitrogens is 4. The Balaban J connectivity index is 2.03. The third-order valence-corrected chi connectivity index (χ3v) is 4.61. The van der Waals surface area contributed by atoms with Crippen LogP contribution in [0, 0.1) is 0 Å². The quantitative estimate of drug-likeness (QED) is 0.739. The van der Waals surface area contributed by atoms with Crippen molar-refractivity contribution in [3.8, 4) is 0 Å². The monoisotopic (exact) mass is 382 g/mol. The van der Waals surface area contributed by atoms with E-state index < -0.39 is 23.0 Å². The number of fused-ring (bicyclic) bond motifs is 1. The fourth-order valence-corrected chi connectivity index (χ4v) is 2.82. The third-order valence-electron chi connectivity index (χ3n) is 4.61. The number of hydrogen-bond acceptors (Lipinski definition) is 4. The normalized spacial score (nSPS) is 14.5. The van der Waals surface area contributed by atoms with E-state index in [-0.39, 0.29) is 23.3 Å². The van der Waals surface area contributed by atoms with Gasteiger partial charge < -0.3 is 9.67 Å². The molecule has 0 aliphatic carbocycles. The highest BCUT2D eigenvalue weighted by molar-refractivity contribution is 5.69. The Morgan fingerprint density at radius 2 is 1.70 bits per heavy atom. The van der Waals surface area contributed by atoms with Crippen molar-refractivity contribution >= 4 is 11.2 Å². The summed E-state index contributed by atoms with van der Waals surface area (Å²) in [6.07, 6.45) is -3.41.